The lowest BCUT2D eigenvalue weighted by molar-refractivity contribution is 0.0635. The van der Waals surface area contributed by atoms with Gasteiger partial charge in [-0.1, -0.05) is 13.3 Å². The quantitative estimate of drug-likeness (QED) is 0.808. The molecular formula is C13H22N2O3S. The fourth-order valence-corrected chi connectivity index (χ4v) is 1.93. The lowest BCUT2D eigenvalue weighted by atomic mass is 10.2. The second-order valence-electron chi connectivity index (χ2n) is 5.18. The van der Waals surface area contributed by atoms with Crippen LogP contribution in [0.3, 0.4) is 0 Å². The van der Waals surface area contributed by atoms with E-state index in [9.17, 15) is 4.79 Å². The number of nitrogens with one attached hydrogen (secondary N) is 1. The van der Waals surface area contributed by atoms with Gasteiger partial charge in [0.05, 0.1) is 12.3 Å². The number of amides is 1. The van der Waals surface area contributed by atoms with Gasteiger partial charge in [0.25, 0.3) is 0 Å². The Morgan fingerprint density at radius 2 is 2.21 bits per heavy atom. The van der Waals surface area contributed by atoms with Gasteiger partial charge in [0.15, 0.2) is 5.13 Å². The highest BCUT2D eigenvalue weighted by Gasteiger charge is 2.17. The third-order valence-corrected chi connectivity index (χ3v) is 2.86. The van der Waals surface area contributed by atoms with E-state index in [2.05, 4.69) is 17.2 Å². The normalized spacial score (nSPS) is 11.4. The molecule has 0 saturated carbocycles. The monoisotopic (exact) mass is 286 g/mol. The Kier molecular flexibility index (Phi) is 6.24. The number of rotatable bonds is 6. The third kappa shape index (κ3) is 7.12. The minimum absolute atomic E-state index is 0.479. The van der Waals surface area contributed by atoms with Crippen molar-refractivity contribution in [3.63, 3.8) is 0 Å². The van der Waals surface area contributed by atoms with Gasteiger partial charge in [-0.3, -0.25) is 5.32 Å². The topological polar surface area (TPSA) is 60.5 Å². The van der Waals surface area contributed by atoms with Crippen LogP contribution in [-0.2, 0) is 16.1 Å². The Morgan fingerprint density at radius 1 is 1.47 bits per heavy atom. The van der Waals surface area contributed by atoms with Crippen molar-refractivity contribution in [3.05, 3.63) is 11.1 Å². The van der Waals surface area contributed by atoms with Gasteiger partial charge in [0.1, 0.15) is 5.60 Å². The van der Waals surface area contributed by atoms with Gasteiger partial charge in [-0.15, -0.1) is 11.3 Å². The maximum Gasteiger partial charge on any atom is 0.413 e. The second kappa shape index (κ2) is 7.45. The summed E-state index contributed by atoms with van der Waals surface area (Å²) in [6, 6.07) is 0. The summed E-state index contributed by atoms with van der Waals surface area (Å²) in [4.78, 5) is 15.8. The van der Waals surface area contributed by atoms with Gasteiger partial charge in [0, 0.05) is 12.0 Å². The van der Waals surface area contributed by atoms with E-state index in [1.807, 2.05) is 26.2 Å². The van der Waals surface area contributed by atoms with Crippen LogP contribution in [0.25, 0.3) is 0 Å². The van der Waals surface area contributed by atoms with Crippen molar-refractivity contribution in [2.75, 3.05) is 11.9 Å². The highest BCUT2D eigenvalue weighted by Crippen LogP contribution is 2.17. The summed E-state index contributed by atoms with van der Waals surface area (Å²) in [5.41, 5.74) is 0.320. The first-order chi connectivity index (χ1) is 8.90. The van der Waals surface area contributed by atoms with Crippen molar-refractivity contribution in [2.45, 2.75) is 52.7 Å². The molecule has 1 aromatic rings. The summed E-state index contributed by atoms with van der Waals surface area (Å²) in [6.45, 7) is 8.80. The number of anilines is 1. The molecule has 0 bridgehead atoms. The van der Waals surface area contributed by atoms with Gasteiger partial charge >= 0.3 is 6.09 Å². The fourth-order valence-electron chi connectivity index (χ4n) is 1.24. The Morgan fingerprint density at radius 3 is 2.84 bits per heavy atom. The number of thiazole rings is 1. The van der Waals surface area contributed by atoms with Crippen molar-refractivity contribution >= 4 is 22.6 Å². The molecule has 1 heterocycles. The Balaban J connectivity index is 2.36. The third-order valence-electron chi connectivity index (χ3n) is 2.05. The first-order valence-corrected chi connectivity index (χ1v) is 7.31. The predicted molar refractivity (Wildman–Crippen MR) is 76.5 cm³/mol. The molecule has 0 aliphatic carbocycles. The number of unbranched alkanes of at least 4 members (excludes halogenated alkanes) is 1. The average Bonchev–Trinajstić information content (AvgIpc) is 2.69. The zero-order chi connectivity index (χ0) is 14.3. The number of aromatic nitrogens is 1. The van der Waals surface area contributed by atoms with E-state index in [1.165, 1.54) is 11.3 Å². The number of nitrogens with zero attached hydrogens (tertiary/aromatic N) is 1. The molecule has 0 fully saturated rings. The molecule has 108 valence electrons. The molecule has 0 radical (unpaired) electrons. The zero-order valence-electron chi connectivity index (χ0n) is 12.0. The molecule has 0 unspecified atom stereocenters. The largest absolute Gasteiger partial charge is 0.444 e. The van der Waals surface area contributed by atoms with Crippen LogP contribution in [0.4, 0.5) is 9.93 Å². The zero-order valence-corrected chi connectivity index (χ0v) is 12.8. The number of carbonyl (C=O) groups excluding carboxylic acids is 1. The maximum absolute atomic E-state index is 11.5. The molecule has 0 atom stereocenters. The predicted octanol–water partition coefficient (Wildman–Crippen LogP) is 3.81. The van der Waals surface area contributed by atoms with E-state index < -0.39 is 11.7 Å². The van der Waals surface area contributed by atoms with Crippen molar-refractivity contribution < 1.29 is 14.3 Å². The van der Waals surface area contributed by atoms with Gasteiger partial charge in [-0.05, 0) is 27.2 Å². The van der Waals surface area contributed by atoms with E-state index in [0.717, 1.165) is 25.1 Å². The first-order valence-electron chi connectivity index (χ1n) is 6.43. The molecule has 5 nitrogen and oxygen atoms in total. The van der Waals surface area contributed by atoms with Gasteiger partial charge in [-0.2, -0.15) is 0 Å². The first kappa shape index (κ1) is 15.9. The molecule has 1 amide bonds. The van der Waals surface area contributed by atoms with E-state index >= 15 is 0 Å². The molecule has 1 N–H and O–H groups in total. The van der Waals surface area contributed by atoms with Crippen LogP contribution in [0, 0.1) is 0 Å². The van der Waals surface area contributed by atoms with E-state index in [0.29, 0.717) is 11.7 Å². The number of carbonyl (C=O) groups is 1. The lowest BCUT2D eigenvalue weighted by Gasteiger charge is -2.18. The van der Waals surface area contributed by atoms with Crippen molar-refractivity contribution in [3.8, 4) is 0 Å². The SMILES string of the molecule is CCCCOCc1csc(NC(=O)OC(C)(C)C)n1. The van der Waals surface area contributed by atoms with Crippen molar-refractivity contribution in [1.29, 1.82) is 0 Å². The summed E-state index contributed by atoms with van der Waals surface area (Å²) >= 11 is 1.36. The minimum Gasteiger partial charge on any atom is -0.444 e. The van der Waals surface area contributed by atoms with Crippen molar-refractivity contribution in [1.82, 2.24) is 4.98 Å². The van der Waals surface area contributed by atoms with Gasteiger partial charge in [0.2, 0.25) is 0 Å². The molecule has 0 aliphatic rings. The molecule has 1 rings (SSSR count). The van der Waals surface area contributed by atoms with E-state index in [4.69, 9.17) is 9.47 Å². The standard InChI is InChI=1S/C13H22N2O3S/c1-5-6-7-17-8-10-9-19-11(14-10)15-12(16)18-13(2,3)4/h9H,5-8H2,1-4H3,(H,14,15,16). The summed E-state index contributed by atoms with van der Waals surface area (Å²) in [6.07, 6.45) is 1.68. The second-order valence-corrected chi connectivity index (χ2v) is 6.04. The smallest absolute Gasteiger partial charge is 0.413 e. The molecule has 6 heteroatoms. The molecule has 19 heavy (non-hydrogen) atoms. The summed E-state index contributed by atoms with van der Waals surface area (Å²) in [7, 11) is 0. The number of hydrogen-bond donors (Lipinski definition) is 1. The van der Waals surface area contributed by atoms with Gasteiger partial charge in [-0.25, -0.2) is 9.78 Å². The molecule has 0 saturated heterocycles. The minimum atomic E-state index is -0.507. The van der Waals surface area contributed by atoms with Gasteiger partial charge < -0.3 is 9.47 Å². The molecular weight excluding hydrogens is 264 g/mol. The van der Waals surface area contributed by atoms with Crippen LogP contribution >= 0.6 is 11.3 Å². The average molecular weight is 286 g/mol. The summed E-state index contributed by atoms with van der Waals surface area (Å²) < 4.78 is 10.6. The fraction of sp³-hybridized carbons (Fsp3) is 0.692. The number of ether oxygens (including phenoxy) is 2. The maximum atomic E-state index is 11.5. The summed E-state index contributed by atoms with van der Waals surface area (Å²) in [5, 5.41) is 5.02. The van der Waals surface area contributed by atoms with E-state index in [-0.39, 0.29) is 0 Å². The van der Waals surface area contributed by atoms with Crippen LogP contribution in [-0.4, -0.2) is 23.3 Å². The highest BCUT2D eigenvalue weighted by molar-refractivity contribution is 7.13. The van der Waals surface area contributed by atoms with Crippen LogP contribution in [0.1, 0.15) is 46.2 Å². The van der Waals surface area contributed by atoms with Crippen LogP contribution in [0.15, 0.2) is 5.38 Å². The molecule has 0 aromatic carbocycles. The Hall–Kier alpha value is -1.14. The van der Waals surface area contributed by atoms with Crippen LogP contribution in [0.5, 0.6) is 0 Å². The highest BCUT2D eigenvalue weighted by atomic mass is 32.1. The Bertz CT molecular complexity index is 399. The van der Waals surface area contributed by atoms with Crippen LogP contribution < -0.4 is 5.32 Å². The Labute approximate surface area is 118 Å². The molecule has 0 spiro atoms. The molecule has 0 aliphatic heterocycles. The van der Waals surface area contributed by atoms with E-state index in [1.54, 1.807) is 0 Å². The molecule has 1 aromatic heterocycles. The van der Waals surface area contributed by atoms with Crippen molar-refractivity contribution in [2.24, 2.45) is 0 Å². The lowest BCUT2D eigenvalue weighted by Crippen LogP contribution is -2.27. The number of hydrogen-bond acceptors (Lipinski definition) is 5. The summed E-state index contributed by atoms with van der Waals surface area (Å²) in [5.74, 6) is 0. The van der Waals surface area contributed by atoms with Crippen LogP contribution in [0.2, 0.25) is 0 Å².